The molecule has 0 spiro atoms. The van der Waals surface area contributed by atoms with Crippen LogP contribution in [0.4, 0.5) is 4.79 Å². The molecule has 0 fully saturated rings. The molecular weight excluding hydrogens is 508 g/mol. The molecule has 1 heterocycles. The Kier molecular flexibility index (Phi) is 7.07. The third-order valence-electron chi connectivity index (χ3n) is 4.67. The molecule has 0 bridgehead atoms. The molecule has 4 aromatic rings. The molecule has 0 unspecified atom stereocenters. The van der Waals surface area contributed by atoms with Crippen LogP contribution in [0.5, 0.6) is 0 Å². The molecule has 0 saturated carbocycles. The standard InChI is InChI=1S/C24H18BrClN4O3/c25-18-8-6-17(7-9-18)22-14-21(28-30(22)20-12-10-19(26)11-13-20)23(31)29-33-24(32)27-15-16-4-2-1-3-5-16/h1-14H,15H2,(H,27,32)(H,29,31). The van der Waals surface area contributed by atoms with Crippen LogP contribution >= 0.6 is 27.5 Å². The Morgan fingerprint density at radius 2 is 1.67 bits per heavy atom. The van der Waals surface area contributed by atoms with Crippen molar-refractivity contribution >= 4 is 39.5 Å². The molecule has 1 aromatic heterocycles. The molecule has 0 saturated heterocycles. The zero-order valence-electron chi connectivity index (χ0n) is 17.2. The minimum atomic E-state index is -0.780. The van der Waals surface area contributed by atoms with Crippen LogP contribution < -0.4 is 10.8 Å². The fourth-order valence-electron chi connectivity index (χ4n) is 3.05. The normalized spacial score (nSPS) is 10.5. The van der Waals surface area contributed by atoms with Crippen LogP contribution in [0.2, 0.25) is 5.02 Å². The number of hydrogen-bond donors (Lipinski definition) is 2. The zero-order chi connectivity index (χ0) is 23.2. The number of carbonyl (C=O) groups excluding carboxylic acids is 2. The summed E-state index contributed by atoms with van der Waals surface area (Å²) in [5, 5.41) is 7.57. The van der Waals surface area contributed by atoms with E-state index in [1.165, 1.54) is 0 Å². The van der Waals surface area contributed by atoms with Crippen molar-refractivity contribution < 1.29 is 14.4 Å². The van der Waals surface area contributed by atoms with Crippen LogP contribution in [0.1, 0.15) is 16.1 Å². The molecule has 33 heavy (non-hydrogen) atoms. The van der Waals surface area contributed by atoms with E-state index in [1.807, 2.05) is 54.6 Å². The molecule has 0 aliphatic carbocycles. The molecule has 0 aliphatic heterocycles. The summed E-state index contributed by atoms with van der Waals surface area (Å²) in [6.07, 6.45) is -0.780. The summed E-state index contributed by atoms with van der Waals surface area (Å²) in [4.78, 5) is 29.4. The highest BCUT2D eigenvalue weighted by molar-refractivity contribution is 9.10. The smallest absolute Gasteiger partial charge is 0.321 e. The maximum atomic E-state index is 12.6. The number of rotatable bonds is 5. The first-order valence-corrected chi connectivity index (χ1v) is 11.1. The van der Waals surface area contributed by atoms with Gasteiger partial charge in [-0.05, 0) is 48.0 Å². The van der Waals surface area contributed by atoms with Crippen LogP contribution in [0.15, 0.2) is 89.4 Å². The molecule has 3 aromatic carbocycles. The summed E-state index contributed by atoms with van der Waals surface area (Å²) >= 11 is 9.44. The number of nitrogens with zero attached hydrogens (tertiary/aromatic N) is 2. The van der Waals surface area contributed by atoms with Crippen molar-refractivity contribution in [1.29, 1.82) is 0 Å². The average molecular weight is 526 g/mol. The molecule has 9 heteroatoms. The maximum absolute atomic E-state index is 12.6. The summed E-state index contributed by atoms with van der Waals surface area (Å²) in [6, 6.07) is 25.7. The predicted molar refractivity (Wildman–Crippen MR) is 129 cm³/mol. The van der Waals surface area contributed by atoms with Gasteiger partial charge in [-0.15, -0.1) is 0 Å². The van der Waals surface area contributed by atoms with Crippen LogP contribution in [-0.4, -0.2) is 21.8 Å². The summed E-state index contributed by atoms with van der Waals surface area (Å²) in [7, 11) is 0. The SMILES string of the molecule is O=C(NCc1ccccc1)ONC(=O)c1cc(-c2ccc(Br)cc2)n(-c2ccc(Cl)cc2)n1. The summed E-state index contributed by atoms with van der Waals surface area (Å²) in [5.41, 5.74) is 5.38. The number of nitrogens with one attached hydrogen (secondary N) is 2. The van der Waals surface area contributed by atoms with Crippen LogP contribution in [0, 0.1) is 0 Å². The van der Waals surface area contributed by atoms with Gasteiger partial charge < -0.3 is 10.2 Å². The third kappa shape index (κ3) is 5.79. The minimum Gasteiger partial charge on any atom is -0.321 e. The fourth-order valence-corrected chi connectivity index (χ4v) is 3.44. The second-order valence-corrected chi connectivity index (χ2v) is 8.32. The number of carbonyl (C=O) groups is 2. The molecule has 0 atom stereocenters. The lowest BCUT2D eigenvalue weighted by molar-refractivity contribution is 0.0566. The van der Waals surface area contributed by atoms with E-state index >= 15 is 0 Å². The number of halogens is 2. The Morgan fingerprint density at radius 3 is 2.36 bits per heavy atom. The topological polar surface area (TPSA) is 85.3 Å². The summed E-state index contributed by atoms with van der Waals surface area (Å²) in [5.74, 6) is -0.657. The largest absolute Gasteiger partial charge is 0.431 e. The third-order valence-corrected chi connectivity index (χ3v) is 5.45. The van der Waals surface area contributed by atoms with Crippen LogP contribution in [0.3, 0.4) is 0 Å². The van der Waals surface area contributed by atoms with Gasteiger partial charge in [0, 0.05) is 21.6 Å². The van der Waals surface area contributed by atoms with Gasteiger partial charge in [-0.1, -0.05) is 70.0 Å². The van der Waals surface area contributed by atoms with Gasteiger partial charge in [0.05, 0.1) is 11.4 Å². The van der Waals surface area contributed by atoms with E-state index in [2.05, 4.69) is 31.8 Å². The summed E-state index contributed by atoms with van der Waals surface area (Å²) in [6.45, 7) is 0.272. The number of aromatic nitrogens is 2. The van der Waals surface area contributed by atoms with Gasteiger partial charge >= 0.3 is 12.0 Å². The first-order valence-electron chi connectivity index (χ1n) is 9.90. The molecular formula is C24H18BrClN4O3. The fraction of sp³-hybridized carbons (Fsp3) is 0.0417. The van der Waals surface area contributed by atoms with Crippen molar-refractivity contribution in [3.05, 3.63) is 106 Å². The van der Waals surface area contributed by atoms with Crippen molar-refractivity contribution in [2.24, 2.45) is 0 Å². The van der Waals surface area contributed by atoms with E-state index < -0.39 is 12.0 Å². The van der Waals surface area contributed by atoms with Gasteiger partial charge in [0.15, 0.2) is 5.69 Å². The zero-order valence-corrected chi connectivity index (χ0v) is 19.5. The van der Waals surface area contributed by atoms with E-state index in [0.29, 0.717) is 10.7 Å². The van der Waals surface area contributed by atoms with Gasteiger partial charge in [0.1, 0.15) is 0 Å². The Hall–Kier alpha value is -3.62. The highest BCUT2D eigenvalue weighted by atomic mass is 79.9. The Morgan fingerprint density at radius 1 is 0.970 bits per heavy atom. The van der Waals surface area contributed by atoms with E-state index in [9.17, 15) is 9.59 Å². The van der Waals surface area contributed by atoms with Gasteiger partial charge in [0.25, 0.3) is 0 Å². The molecule has 4 rings (SSSR count). The lowest BCUT2D eigenvalue weighted by Gasteiger charge is -2.08. The van der Waals surface area contributed by atoms with Crippen molar-refractivity contribution in [2.75, 3.05) is 0 Å². The van der Waals surface area contributed by atoms with Gasteiger partial charge in [0.2, 0.25) is 0 Å². The number of hydrogen-bond acceptors (Lipinski definition) is 4. The van der Waals surface area contributed by atoms with E-state index in [-0.39, 0.29) is 12.2 Å². The second-order valence-electron chi connectivity index (χ2n) is 6.97. The average Bonchev–Trinajstić information content (AvgIpc) is 3.28. The number of benzene rings is 3. The predicted octanol–water partition coefficient (Wildman–Crippen LogP) is 5.53. The Bertz CT molecular complexity index is 1200. The Labute approximate surface area is 203 Å². The minimum absolute atomic E-state index is 0.0822. The first-order chi connectivity index (χ1) is 16.0. The van der Waals surface area contributed by atoms with Crippen molar-refractivity contribution in [3.8, 4) is 16.9 Å². The quantitative estimate of drug-likeness (QED) is 0.336. The second kappa shape index (κ2) is 10.3. The highest BCUT2D eigenvalue weighted by Gasteiger charge is 2.18. The van der Waals surface area contributed by atoms with E-state index in [0.717, 1.165) is 21.3 Å². The first kappa shape index (κ1) is 22.6. The van der Waals surface area contributed by atoms with Crippen molar-refractivity contribution in [3.63, 3.8) is 0 Å². The molecule has 2 N–H and O–H groups in total. The van der Waals surface area contributed by atoms with Crippen LogP contribution in [-0.2, 0) is 11.4 Å². The van der Waals surface area contributed by atoms with E-state index in [4.69, 9.17) is 16.4 Å². The lowest BCUT2D eigenvalue weighted by Crippen LogP contribution is -2.33. The Balaban J connectivity index is 1.50. The lowest BCUT2D eigenvalue weighted by atomic mass is 10.1. The van der Waals surface area contributed by atoms with Crippen molar-refractivity contribution in [1.82, 2.24) is 20.6 Å². The number of amides is 2. The number of hydroxylamine groups is 1. The van der Waals surface area contributed by atoms with Gasteiger partial charge in [-0.2, -0.15) is 10.6 Å². The molecule has 0 radical (unpaired) electrons. The monoisotopic (exact) mass is 524 g/mol. The molecule has 7 nitrogen and oxygen atoms in total. The van der Waals surface area contributed by atoms with Gasteiger partial charge in [-0.25, -0.2) is 9.48 Å². The molecule has 166 valence electrons. The molecule has 2 amide bonds. The van der Waals surface area contributed by atoms with E-state index in [1.54, 1.807) is 35.0 Å². The van der Waals surface area contributed by atoms with Crippen molar-refractivity contribution in [2.45, 2.75) is 6.54 Å². The molecule has 0 aliphatic rings. The van der Waals surface area contributed by atoms with Crippen LogP contribution in [0.25, 0.3) is 16.9 Å². The highest BCUT2D eigenvalue weighted by Crippen LogP contribution is 2.26. The van der Waals surface area contributed by atoms with Gasteiger partial charge in [-0.3, -0.25) is 4.79 Å². The summed E-state index contributed by atoms with van der Waals surface area (Å²) < 4.78 is 2.56. The maximum Gasteiger partial charge on any atom is 0.431 e.